The summed E-state index contributed by atoms with van der Waals surface area (Å²) in [5, 5.41) is 4.58. The second-order valence-corrected chi connectivity index (χ2v) is 7.94. The lowest BCUT2D eigenvalue weighted by Gasteiger charge is -2.30. The van der Waals surface area contributed by atoms with E-state index in [1.807, 2.05) is 6.92 Å². The van der Waals surface area contributed by atoms with Gasteiger partial charge in [-0.2, -0.15) is 9.97 Å². The van der Waals surface area contributed by atoms with Gasteiger partial charge in [0.15, 0.2) is 11.6 Å². The molecule has 1 amide bonds. The van der Waals surface area contributed by atoms with Crippen molar-refractivity contribution < 1.29 is 18.4 Å². The molecule has 0 bridgehead atoms. The molecule has 162 valence electrons. The Kier molecular flexibility index (Phi) is 5.26. The van der Waals surface area contributed by atoms with Crippen LogP contribution in [0.3, 0.4) is 0 Å². The van der Waals surface area contributed by atoms with Crippen molar-refractivity contribution in [2.45, 2.75) is 39.3 Å². The van der Waals surface area contributed by atoms with E-state index in [4.69, 9.17) is 20.9 Å². The number of cyclic esters (lactones) is 1. The first-order chi connectivity index (χ1) is 14.7. The van der Waals surface area contributed by atoms with E-state index in [9.17, 15) is 9.18 Å². The summed E-state index contributed by atoms with van der Waals surface area (Å²) in [6, 6.07) is 7.10. The number of rotatable bonds is 5. The molecule has 1 fully saturated rings. The van der Waals surface area contributed by atoms with Gasteiger partial charge in [-0.05, 0) is 52.0 Å². The third-order valence-corrected chi connectivity index (χ3v) is 5.51. The molecule has 1 aliphatic rings. The highest BCUT2D eigenvalue weighted by Gasteiger charge is 2.48. The zero-order chi connectivity index (χ0) is 22.3. The first kappa shape index (κ1) is 21.0. The van der Waals surface area contributed by atoms with Gasteiger partial charge in [0.2, 0.25) is 11.8 Å². The van der Waals surface area contributed by atoms with Crippen molar-refractivity contribution in [3.05, 3.63) is 41.3 Å². The minimum atomic E-state index is -0.799. The molecule has 1 aliphatic heterocycles. The molecule has 4 rings (SSSR count). The van der Waals surface area contributed by atoms with Crippen molar-refractivity contribution >= 4 is 35.5 Å². The van der Waals surface area contributed by atoms with Crippen LogP contribution in [0.5, 0.6) is 0 Å². The number of benzene rings is 1. The van der Waals surface area contributed by atoms with Crippen LogP contribution in [0.15, 0.2) is 35.0 Å². The minimum Gasteiger partial charge on any atom is -0.444 e. The average molecular weight is 447 g/mol. The first-order valence-corrected chi connectivity index (χ1v) is 10.0. The Bertz CT molecular complexity index is 1120. The van der Waals surface area contributed by atoms with Crippen LogP contribution in [0.4, 0.5) is 27.0 Å². The van der Waals surface area contributed by atoms with Crippen LogP contribution >= 0.6 is 11.6 Å². The molecule has 0 saturated carbocycles. The minimum absolute atomic E-state index is 0.105. The van der Waals surface area contributed by atoms with Gasteiger partial charge in [0.1, 0.15) is 6.10 Å². The number of halogens is 2. The number of carbonyl (C=O) groups is 1. The van der Waals surface area contributed by atoms with Gasteiger partial charge in [-0.3, -0.25) is 4.90 Å². The summed E-state index contributed by atoms with van der Waals surface area (Å²) in [5.41, 5.74) is -0.0842. The molecule has 0 radical (unpaired) electrons. The van der Waals surface area contributed by atoms with Gasteiger partial charge in [-0.25, -0.2) is 19.1 Å². The number of hydrogen-bond donors (Lipinski definition) is 0. The molecule has 3 heterocycles. The fourth-order valence-electron chi connectivity index (χ4n) is 3.16. The third-order valence-electron chi connectivity index (χ3n) is 5.26. The van der Waals surface area contributed by atoms with E-state index in [0.717, 1.165) is 6.20 Å². The predicted octanol–water partition coefficient (Wildman–Crippen LogP) is 4.60. The lowest BCUT2D eigenvalue weighted by molar-refractivity contribution is 0.129. The maximum absolute atomic E-state index is 14.6. The molecule has 1 unspecified atom stereocenters. The van der Waals surface area contributed by atoms with E-state index in [0.29, 0.717) is 23.0 Å². The smallest absolute Gasteiger partial charge is 0.416 e. The Labute approximate surface area is 182 Å². The molecule has 2 aromatic heterocycles. The number of hydrogen-bond acceptors (Lipinski definition) is 8. The summed E-state index contributed by atoms with van der Waals surface area (Å²) >= 11 is 5.92. The Morgan fingerprint density at radius 2 is 1.97 bits per heavy atom. The fraction of sp³-hybridized carbons (Fsp3) is 0.350. The summed E-state index contributed by atoms with van der Waals surface area (Å²) < 4.78 is 25.3. The van der Waals surface area contributed by atoms with Crippen molar-refractivity contribution in [3.8, 4) is 11.4 Å². The van der Waals surface area contributed by atoms with E-state index in [1.54, 1.807) is 45.0 Å². The molecule has 3 aromatic rings. The highest BCUT2D eigenvalue weighted by Crippen LogP contribution is 2.36. The Morgan fingerprint density at radius 3 is 2.58 bits per heavy atom. The van der Waals surface area contributed by atoms with Crippen LogP contribution < -0.4 is 9.80 Å². The Hall–Kier alpha value is -3.27. The maximum Gasteiger partial charge on any atom is 0.416 e. The quantitative estimate of drug-likeness (QED) is 0.560. The van der Waals surface area contributed by atoms with Gasteiger partial charge in [-0.1, -0.05) is 16.8 Å². The van der Waals surface area contributed by atoms with Gasteiger partial charge < -0.3 is 9.26 Å². The van der Waals surface area contributed by atoms with Crippen molar-refractivity contribution in [3.63, 3.8) is 0 Å². The Morgan fingerprint density at radius 1 is 1.26 bits per heavy atom. The van der Waals surface area contributed by atoms with E-state index < -0.39 is 23.6 Å². The highest BCUT2D eigenvalue weighted by atomic mass is 35.5. The van der Waals surface area contributed by atoms with Crippen LogP contribution in [0.1, 0.15) is 27.7 Å². The summed E-state index contributed by atoms with van der Waals surface area (Å²) in [6.45, 7) is 7.48. The lowest BCUT2D eigenvalue weighted by Crippen LogP contribution is -2.46. The largest absolute Gasteiger partial charge is 0.444 e. The van der Waals surface area contributed by atoms with Crippen molar-refractivity contribution in [2.75, 3.05) is 16.3 Å². The van der Waals surface area contributed by atoms with E-state index in [1.165, 1.54) is 9.80 Å². The van der Waals surface area contributed by atoms with Gasteiger partial charge in [-0.15, -0.1) is 0 Å². The molecule has 11 heteroatoms. The maximum atomic E-state index is 14.6. The van der Waals surface area contributed by atoms with Crippen LogP contribution in [0.25, 0.3) is 11.4 Å². The van der Waals surface area contributed by atoms with Gasteiger partial charge in [0.25, 0.3) is 0 Å². The van der Waals surface area contributed by atoms with Crippen molar-refractivity contribution in [2.24, 2.45) is 0 Å². The average Bonchev–Trinajstić information content (AvgIpc) is 3.27. The molecule has 0 N–H and O–H groups in total. The SMILES string of the molecule is CCN(c1ncc(F)c(N2C(=O)OC(C)C2(C)C)n1)c1nc(-c2ccc(Cl)cc2)no1. The van der Waals surface area contributed by atoms with E-state index in [2.05, 4.69) is 20.1 Å². The number of aromatic nitrogens is 4. The number of carbonyl (C=O) groups excluding carboxylic acids is 1. The van der Waals surface area contributed by atoms with Crippen LogP contribution in [0.2, 0.25) is 5.02 Å². The van der Waals surface area contributed by atoms with Crippen LogP contribution in [-0.2, 0) is 4.74 Å². The topological polar surface area (TPSA) is 97.5 Å². The summed E-state index contributed by atoms with van der Waals surface area (Å²) in [7, 11) is 0. The molecule has 0 spiro atoms. The number of ether oxygens (including phenoxy) is 1. The molecule has 1 aromatic carbocycles. The highest BCUT2D eigenvalue weighted by molar-refractivity contribution is 6.30. The van der Waals surface area contributed by atoms with Gasteiger partial charge >= 0.3 is 12.1 Å². The standard InChI is InChI=1S/C20H20ClFN6O3/c1-5-27(18-24-15(26-31-18)12-6-8-13(21)9-7-12)17-23-10-14(22)16(25-17)28-19(29)30-11(2)20(28,3)4/h6-11H,5H2,1-4H3. The second-order valence-electron chi connectivity index (χ2n) is 7.51. The molecular weight excluding hydrogens is 427 g/mol. The van der Waals surface area contributed by atoms with Crippen LogP contribution in [-0.4, -0.2) is 44.4 Å². The molecule has 1 saturated heterocycles. The third kappa shape index (κ3) is 3.67. The van der Waals surface area contributed by atoms with E-state index in [-0.39, 0.29) is 17.8 Å². The molecule has 31 heavy (non-hydrogen) atoms. The zero-order valence-corrected chi connectivity index (χ0v) is 18.1. The number of anilines is 3. The lowest BCUT2D eigenvalue weighted by atomic mass is 9.98. The molecule has 0 aliphatic carbocycles. The summed E-state index contributed by atoms with van der Waals surface area (Å²) in [4.78, 5) is 27.8. The van der Waals surface area contributed by atoms with Crippen molar-refractivity contribution in [1.29, 1.82) is 0 Å². The molecular formula is C20H20ClFN6O3. The van der Waals surface area contributed by atoms with Gasteiger partial charge in [0.05, 0.1) is 11.7 Å². The fourth-order valence-corrected chi connectivity index (χ4v) is 3.29. The normalized spacial score (nSPS) is 17.7. The van der Waals surface area contributed by atoms with Crippen LogP contribution in [0, 0.1) is 5.82 Å². The molecule has 9 nitrogen and oxygen atoms in total. The predicted molar refractivity (Wildman–Crippen MR) is 112 cm³/mol. The first-order valence-electron chi connectivity index (χ1n) is 9.63. The zero-order valence-electron chi connectivity index (χ0n) is 17.3. The Balaban J connectivity index is 1.70. The summed E-state index contributed by atoms with van der Waals surface area (Å²) in [5.74, 6) is -0.467. The monoisotopic (exact) mass is 446 g/mol. The number of nitrogens with zero attached hydrogens (tertiary/aromatic N) is 6. The van der Waals surface area contributed by atoms with E-state index >= 15 is 0 Å². The summed E-state index contributed by atoms with van der Waals surface area (Å²) in [6.07, 6.45) is -0.117. The molecule has 1 atom stereocenters. The van der Waals surface area contributed by atoms with Crippen molar-refractivity contribution in [1.82, 2.24) is 20.1 Å². The second kappa shape index (κ2) is 7.77. The number of amides is 1. The van der Waals surface area contributed by atoms with Gasteiger partial charge in [0, 0.05) is 17.1 Å².